The molecular weight excluding hydrogens is 202 g/mol. The maximum Gasteiger partial charge on any atom is 0.166 e. The maximum absolute atomic E-state index is 10.7. The monoisotopic (exact) mass is 215 g/mol. The molecule has 0 unspecified atom stereocenters. The smallest absolute Gasteiger partial charge is 0.166 e. The van der Waals surface area contributed by atoms with Crippen LogP contribution in [0.15, 0.2) is 24.3 Å². The molecule has 1 aliphatic rings. The van der Waals surface area contributed by atoms with E-state index in [1.807, 2.05) is 24.3 Å². The number of carbonyl (C=O) groups excluding carboxylic acids is 1. The fourth-order valence-corrected chi connectivity index (χ4v) is 1.98. The Kier molecular flexibility index (Phi) is 2.17. The molecule has 1 aliphatic carbocycles. The lowest BCUT2D eigenvalue weighted by molar-refractivity contribution is 0.112. The number of rotatable bonds is 3. The highest BCUT2D eigenvalue weighted by molar-refractivity contribution is 5.91. The van der Waals surface area contributed by atoms with Gasteiger partial charge in [-0.3, -0.25) is 4.79 Å². The minimum absolute atomic E-state index is 0.361. The Labute approximate surface area is 93.4 Å². The molecule has 3 rings (SSSR count). The van der Waals surface area contributed by atoms with Crippen molar-refractivity contribution in [3.63, 3.8) is 0 Å². The van der Waals surface area contributed by atoms with Crippen molar-refractivity contribution in [2.45, 2.75) is 25.4 Å². The Morgan fingerprint density at radius 3 is 2.94 bits per heavy atom. The molecule has 0 saturated heterocycles. The van der Waals surface area contributed by atoms with Crippen LogP contribution in [0.1, 0.15) is 29.8 Å². The molecule has 1 fully saturated rings. The van der Waals surface area contributed by atoms with E-state index < -0.39 is 0 Å². The van der Waals surface area contributed by atoms with E-state index in [0.29, 0.717) is 11.8 Å². The van der Waals surface area contributed by atoms with E-state index in [1.165, 1.54) is 6.42 Å². The second-order valence-electron chi connectivity index (χ2n) is 4.23. The molecule has 0 bridgehead atoms. The Bertz CT molecular complexity index is 526. The van der Waals surface area contributed by atoms with Crippen LogP contribution in [0.2, 0.25) is 0 Å². The molecule has 0 amide bonds. The van der Waals surface area contributed by atoms with E-state index in [9.17, 15) is 4.79 Å². The standard InChI is InChI=1S/C13H13NO2/c15-8-9-7-11-12(14-9)5-2-6-13(11)16-10-3-1-4-10/h2,5-8,10,14H,1,3-4H2. The van der Waals surface area contributed by atoms with Gasteiger partial charge >= 0.3 is 0 Å². The zero-order valence-electron chi connectivity index (χ0n) is 8.90. The first kappa shape index (κ1) is 9.46. The van der Waals surface area contributed by atoms with Gasteiger partial charge in [-0.25, -0.2) is 0 Å². The zero-order valence-corrected chi connectivity index (χ0v) is 8.90. The van der Waals surface area contributed by atoms with E-state index >= 15 is 0 Å². The molecule has 82 valence electrons. The van der Waals surface area contributed by atoms with E-state index in [4.69, 9.17) is 4.74 Å². The van der Waals surface area contributed by atoms with Gasteiger partial charge in [0, 0.05) is 10.9 Å². The van der Waals surface area contributed by atoms with Gasteiger partial charge in [0.25, 0.3) is 0 Å². The lowest BCUT2D eigenvalue weighted by atomic mass is 9.96. The van der Waals surface area contributed by atoms with Crippen molar-refractivity contribution in [1.82, 2.24) is 4.98 Å². The van der Waals surface area contributed by atoms with Crippen molar-refractivity contribution in [3.8, 4) is 5.75 Å². The molecule has 1 heterocycles. The van der Waals surface area contributed by atoms with Crippen LogP contribution >= 0.6 is 0 Å². The van der Waals surface area contributed by atoms with Gasteiger partial charge in [-0.15, -0.1) is 0 Å². The van der Waals surface area contributed by atoms with Crippen LogP contribution in [0, 0.1) is 0 Å². The number of H-pyrrole nitrogens is 1. The minimum Gasteiger partial charge on any atom is -0.490 e. The molecule has 1 saturated carbocycles. The number of ether oxygens (including phenoxy) is 1. The second kappa shape index (κ2) is 3.67. The maximum atomic E-state index is 10.7. The number of aldehydes is 1. The number of aromatic amines is 1. The van der Waals surface area contributed by atoms with Gasteiger partial charge in [0.05, 0.1) is 11.8 Å². The molecule has 16 heavy (non-hydrogen) atoms. The first-order valence-electron chi connectivity index (χ1n) is 5.60. The van der Waals surface area contributed by atoms with Crippen LogP contribution in [-0.4, -0.2) is 17.4 Å². The minimum atomic E-state index is 0.361. The van der Waals surface area contributed by atoms with Gasteiger partial charge in [0.15, 0.2) is 6.29 Å². The summed E-state index contributed by atoms with van der Waals surface area (Å²) in [6.07, 6.45) is 4.73. The lowest BCUT2D eigenvalue weighted by Gasteiger charge is -2.26. The van der Waals surface area contributed by atoms with Gasteiger partial charge in [-0.05, 0) is 37.5 Å². The third-order valence-electron chi connectivity index (χ3n) is 3.12. The van der Waals surface area contributed by atoms with Gasteiger partial charge in [-0.1, -0.05) is 6.07 Å². The van der Waals surface area contributed by atoms with Crippen molar-refractivity contribution in [2.24, 2.45) is 0 Å². The van der Waals surface area contributed by atoms with E-state index in [1.54, 1.807) is 0 Å². The quantitative estimate of drug-likeness (QED) is 0.800. The first-order chi connectivity index (χ1) is 7.86. The fraction of sp³-hybridized carbons (Fsp3) is 0.308. The Hall–Kier alpha value is -1.77. The highest BCUT2D eigenvalue weighted by Gasteiger charge is 2.20. The summed E-state index contributed by atoms with van der Waals surface area (Å²) < 4.78 is 5.89. The van der Waals surface area contributed by atoms with Crippen molar-refractivity contribution in [3.05, 3.63) is 30.0 Å². The second-order valence-corrected chi connectivity index (χ2v) is 4.23. The predicted molar refractivity (Wildman–Crippen MR) is 62.0 cm³/mol. The highest BCUT2D eigenvalue weighted by atomic mass is 16.5. The molecule has 1 aromatic heterocycles. The number of aromatic nitrogens is 1. The normalized spacial score (nSPS) is 16.0. The Balaban J connectivity index is 2.01. The third-order valence-corrected chi connectivity index (χ3v) is 3.12. The summed E-state index contributed by atoms with van der Waals surface area (Å²) in [5, 5.41) is 0.997. The van der Waals surface area contributed by atoms with Gasteiger partial charge in [-0.2, -0.15) is 0 Å². The summed E-state index contributed by atoms with van der Waals surface area (Å²) in [5.41, 5.74) is 1.55. The summed E-state index contributed by atoms with van der Waals surface area (Å²) in [6, 6.07) is 7.71. The zero-order chi connectivity index (χ0) is 11.0. The average molecular weight is 215 g/mol. The topological polar surface area (TPSA) is 42.1 Å². The Morgan fingerprint density at radius 1 is 1.38 bits per heavy atom. The molecule has 1 N–H and O–H groups in total. The molecule has 0 aliphatic heterocycles. The summed E-state index contributed by atoms with van der Waals surface area (Å²) in [5.74, 6) is 0.881. The fourth-order valence-electron chi connectivity index (χ4n) is 1.98. The largest absolute Gasteiger partial charge is 0.490 e. The molecule has 3 nitrogen and oxygen atoms in total. The van der Waals surface area contributed by atoms with E-state index in [0.717, 1.165) is 35.8 Å². The Morgan fingerprint density at radius 2 is 2.25 bits per heavy atom. The molecular formula is C13H13NO2. The van der Waals surface area contributed by atoms with Crippen molar-refractivity contribution in [2.75, 3.05) is 0 Å². The van der Waals surface area contributed by atoms with Crippen molar-refractivity contribution < 1.29 is 9.53 Å². The summed E-state index contributed by atoms with van der Waals surface area (Å²) in [4.78, 5) is 13.8. The van der Waals surface area contributed by atoms with Crippen molar-refractivity contribution >= 4 is 17.2 Å². The van der Waals surface area contributed by atoms with Gasteiger partial charge < -0.3 is 9.72 Å². The number of carbonyl (C=O) groups is 1. The van der Waals surface area contributed by atoms with E-state index in [2.05, 4.69) is 4.98 Å². The molecule has 0 spiro atoms. The molecule has 3 heteroatoms. The number of hydrogen-bond donors (Lipinski definition) is 1. The number of hydrogen-bond acceptors (Lipinski definition) is 2. The molecule has 0 radical (unpaired) electrons. The summed E-state index contributed by atoms with van der Waals surface area (Å²) >= 11 is 0. The van der Waals surface area contributed by atoms with Crippen LogP contribution in [0.4, 0.5) is 0 Å². The summed E-state index contributed by atoms with van der Waals surface area (Å²) in [7, 11) is 0. The SMILES string of the molecule is O=Cc1cc2c(OC3CCC3)cccc2[nH]1. The van der Waals surface area contributed by atoms with Crippen LogP contribution in [0.5, 0.6) is 5.75 Å². The molecule has 0 atom stereocenters. The number of benzene rings is 1. The lowest BCUT2D eigenvalue weighted by Crippen LogP contribution is -2.24. The summed E-state index contributed by atoms with van der Waals surface area (Å²) in [6.45, 7) is 0. The predicted octanol–water partition coefficient (Wildman–Crippen LogP) is 2.91. The highest BCUT2D eigenvalue weighted by Crippen LogP contribution is 2.31. The first-order valence-corrected chi connectivity index (χ1v) is 5.60. The van der Waals surface area contributed by atoms with Crippen LogP contribution in [0.25, 0.3) is 10.9 Å². The average Bonchev–Trinajstić information content (AvgIpc) is 2.66. The number of nitrogens with one attached hydrogen (secondary N) is 1. The van der Waals surface area contributed by atoms with Crippen LogP contribution in [-0.2, 0) is 0 Å². The number of fused-ring (bicyclic) bond motifs is 1. The van der Waals surface area contributed by atoms with Gasteiger partial charge in [0.2, 0.25) is 0 Å². The van der Waals surface area contributed by atoms with Crippen LogP contribution in [0.3, 0.4) is 0 Å². The molecule has 1 aromatic carbocycles. The van der Waals surface area contributed by atoms with Crippen molar-refractivity contribution in [1.29, 1.82) is 0 Å². The van der Waals surface area contributed by atoms with E-state index in [-0.39, 0.29) is 0 Å². The third kappa shape index (κ3) is 1.48. The van der Waals surface area contributed by atoms with Gasteiger partial charge in [0.1, 0.15) is 5.75 Å². The van der Waals surface area contributed by atoms with Crippen LogP contribution < -0.4 is 4.74 Å². The molecule has 2 aromatic rings.